The molecule has 0 saturated carbocycles. The van der Waals surface area contributed by atoms with Gasteiger partial charge in [-0.05, 0) is 32.3 Å². The molecule has 1 aliphatic rings. The summed E-state index contributed by atoms with van der Waals surface area (Å²) in [6, 6.07) is 3.94. The van der Waals surface area contributed by atoms with Crippen LogP contribution in [0, 0.1) is 0 Å². The van der Waals surface area contributed by atoms with E-state index in [1.54, 1.807) is 6.20 Å². The van der Waals surface area contributed by atoms with Crippen LogP contribution < -0.4 is 15.4 Å². The van der Waals surface area contributed by atoms with Crippen LogP contribution in [0.3, 0.4) is 0 Å². The molecule has 0 radical (unpaired) electrons. The second-order valence-electron chi connectivity index (χ2n) is 5.88. The summed E-state index contributed by atoms with van der Waals surface area (Å²) in [5.74, 6) is 1.49. The van der Waals surface area contributed by atoms with Crippen LogP contribution in [0.2, 0.25) is 0 Å². The number of halogens is 1. The van der Waals surface area contributed by atoms with E-state index in [1.807, 2.05) is 12.1 Å². The summed E-state index contributed by atoms with van der Waals surface area (Å²) in [4.78, 5) is 8.98. The Morgan fingerprint density at radius 2 is 2.28 bits per heavy atom. The maximum atomic E-state index is 5.77. The van der Waals surface area contributed by atoms with Crippen LogP contribution >= 0.6 is 24.0 Å². The average molecular weight is 462 g/mol. The first-order valence-corrected chi connectivity index (χ1v) is 9.04. The van der Waals surface area contributed by atoms with Crippen molar-refractivity contribution in [3.63, 3.8) is 0 Å². The number of hydrogen-bond donors (Lipinski definition) is 2. The molecule has 1 unspecified atom stereocenters. The predicted octanol–water partition coefficient (Wildman–Crippen LogP) is 3.11. The van der Waals surface area contributed by atoms with Gasteiger partial charge in [-0.15, -0.1) is 24.0 Å². The minimum Gasteiger partial charge on any atom is -0.477 e. The lowest BCUT2D eigenvalue weighted by atomic mass is 10.2. The van der Waals surface area contributed by atoms with Gasteiger partial charge < -0.3 is 20.1 Å². The van der Waals surface area contributed by atoms with E-state index in [0.717, 1.165) is 56.9 Å². The SMILES string of the molecule is CCCCOc1ncccc1CN=C(NCC)NCC1CCCO1.I. The van der Waals surface area contributed by atoms with E-state index in [1.165, 1.54) is 0 Å². The zero-order valence-corrected chi connectivity index (χ0v) is 17.6. The van der Waals surface area contributed by atoms with Gasteiger partial charge in [0, 0.05) is 31.5 Å². The van der Waals surface area contributed by atoms with Gasteiger partial charge in [0.05, 0.1) is 19.3 Å². The molecular weight excluding hydrogens is 431 g/mol. The summed E-state index contributed by atoms with van der Waals surface area (Å²) in [7, 11) is 0. The van der Waals surface area contributed by atoms with Crippen molar-refractivity contribution in [1.82, 2.24) is 15.6 Å². The van der Waals surface area contributed by atoms with Crippen molar-refractivity contribution in [2.75, 3.05) is 26.3 Å². The molecule has 1 saturated heterocycles. The highest BCUT2D eigenvalue weighted by atomic mass is 127. The third-order valence-electron chi connectivity index (χ3n) is 3.86. The molecule has 2 rings (SSSR count). The third-order valence-corrected chi connectivity index (χ3v) is 3.86. The number of hydrogen-bond acceptors (Lipinski definition) is 4. The van der Waals surface area contributed by atoms with Crippen LogP contribution in [0.15, 0.2) is 23.3 Å². The highest BCUT2D eigenvalue weighted by molar-refractivity contribution is 14.0. The summed E-state index contributed by atoms with van der Waals surface area (Å²) in [5.41, 5.74) is 1.00. The van der Waals surface area contributed by atoms with Gasteiger partial charge in [0.25, 0.3) is 0 Å². The molecule has 0 spiro atoms. The number of nitrogens with zero attached hydrogens (tertiary/aromatic N) is 2. The topological polar surface area (TPSA) is 67.8 Å². The summed E-state index contributed by atoms with van der Waals surface area (Å²) in [6.07, 6.45) is 6.46. The van der Waals surface area contributed by atoms with Crippen LogP contribution in [-0.4, -0.2) is 43.4 Å². The van der Waals surface area contributed by atoms with Crippen molar-refractivity contribution >= 4 is 29.9 Å². The molecule has 6 nitrogen and oxygen atoms in total. The second-order valence-corrected chi connectivity index (χ2v) is 5.88. The van der Waals surface area contributed by atoms with Crippen molar-refractivity contribution in [3.8, 4) is 5.88 Å². The molecule has 0 aliphatic carbocycles. The van der Waals surface area contributed by atoms with E-state index >= 15 is 0 Å². The summed E-state index contributed by atoms with van der Waals surface area (Å²) in [5, 5.41) is 6.63. The lowest BCUT2D eigenvalue weighted by molar-refractivity contribution is 0.114. The minimum absolute atomic E-state index is 0. The summed E-state index contributed by atoms with van der Waals surface area (Å²) < 4.78 is 11.4. The number of pyridine rings is 1. The molecule has 25 heavy (non-hydrogen) atoms. The molecule has 1 fully saturated rings. The van der Waals surface area contributed by atoms with Gasteiger partial charge >= 0.3 is 0 Å². The Morgan fingerprint density at radius 3 is 3.00 bits per heavy atom. The van der Waals surface area contributed by atoms with Gasteiger partial charge in [0.15, 0.2) is 5.96 Å². The van der Waals surface area contributed by atoms with Crippen molar-refractivity contribution in [2.45, 2.75) is 52.2 Å². The average Bonchev–Trinajstić information content (AvgIpc) is 3.12. The Hall–Kier alpha value is -1.09. The molecule has 1 atom stereocenters. The zero-order chi connectivity index (χ0) is 17.0. The third kappa shape index (κ3) is 8.22. The van der Waals surface area contributed by atoms with E-state index in [2.05, 4.69) is 34.5 Å². The lowest BCUT2D eigenvalue weighted by Gasteiger charge is -2.15. The van der Waals surface area contributed by atoms with E-state index in [9.17, 15) is 0 Å². The van der Waals surface area contributed by atoms with Crippen LogP contribution in [-0.2, 0) is 11.3 Å². The molecule has 1 aromatic rings. The molecule has 2 heterocycles. The van der Waals surface area contributed by atoms with Gasteiger partial charge in [0.2, 0.25) is 5.88 Å². The summed E-state index contributed by atoms with van der Waals surface area (Å²) in [6.45, 7) is 7.93. The quantitative estimate of drug-likeness (QED) is 0.256. The normalized spacial score (nSPS) is 17.0. The first-order valence-electron chi connectivity index (χ1n) is 9.04. The van der Waals surface area contributed by atoms with Crippen molar-refractivity contribution in [3.05, 3.63) is 23.9 Å². The van der Waals surface area contributed by atoms with Crippen molar-refractivity contribution < 1.29 is 9.47 Å². The molecule has 0 bridgehead atoms. The number of rotatable bonds is 9. The summed E-state index contributed by atoms with van der Waals surface area (Å²) >= 11 is 0. The predicted molar refractivity (Wildman–Crippen MR) is 112 cm³/mol. The van der Waals surface area contributed by atoms with Gasteiger partial charge in [-0.2, -0.15) is 0 Å². The zero-order valence-electron chi connectivity index (χ0n) is 15.3. The van der Waals surface area contributed by atoms with Crippen LogP contribution in [0.5, 0.6) is 5.88 Å². The lowest BCUT2D eigenvalue weighted by Crippen LogP contribution is -2.41. The number of unbranched alkanes of at least 4 members (excludes halogenated alkanes) is 1. The Morgan fingerprint density at radius 1 is 1.40 bits per heavy atom. The number of aliphatic imine (C=N–C) groups is 1. The first-order chi connectivity index (χ1) is 11.8. The molecule has 142 valence electrons. The van der Waals surface area contributed by atoms with Gasteiger partial charge in [-0.25, -0.2) is 9.98 Å². The number of nitrogens with one attached hydrogen (secondary N) is 2. The molecule has 2 N–H and O–H groups in total. The Balaban J connectivity index is 0.00000312. The maximum Gasteiger partial charge on any atom is 0.218 e. The standard InChI is InChI=1S/C18H30N4O2.HI/c1-3-5-11-24-17-15(8-6-10-20-17)13-21-18(19-4-2)22-14-16-9-7-12-23-16;/h6,8,10,16H,3-5,7,9,11-14H2,1-2H3,(H2,19,21,22);1H. The van der Waals surface area contributed by atoms with Crippen molar-refractivity contribution in [2.24, 2.45) is 4.99 Å². The Kier molecular flexibility index (Phi) is 11.6. The molecule has 1 aliphatic heterocycles. The van der Waals surface area contributed by atoms with Crippen LogP contribution in [0.25, 0.3) is 0 Å². The van der Waals surface area contributed by atoms with Crippen molar-refractivity contribution in [1.29, 1.82) is 0 Å². The van der Waals surface area contributed by atoms with Gasteiger partial charge in [-0.3, -0.25) is 0 Å². The smallest absolute Gasteiger partial charge is 0.218 e. The number of guanidine groups is 1. The largest absolute Gasteiger partial charge is 0.477 e. The van der Waals surface area contributed by atoms with Gasteiger partial charge in [-0.1, -0.05) is 19.4 Å². The minimum atomic E-state index is 0. The fraction of sp³-hybridized carbons (Fsp3) is 0.667. The number of ether oxygens (including phenoxy) is 2. The maximum absolute atomic E-state index is 5.77. The molecule has 1 aromatic heterocycles. The van der Waals surface area contributed by atoms with E-state index in [0.29, 0.717) is 25.1 Å². The first kappa shape index (κ1) is 22.0. The van der Waals surface area contributed by atoms with Crippen LogP contribution in [0.1, 0.15) is 45.1 Å². The monoisotopic (exact) mass is 462 g/mol. The van der Waals surface area contributed by atoms with Gasteiger partial charge in [0.1, 0.15) is 0 Å². The van der Waals surface area contributed by atoms with Crippen LogP contribution in [0.4, 0.5) is 0 Å². The highest BCUT2D eigenvalue weighted by Gasteiger charge is 2.15. The number of aromatic nitrogens is 1. The second kappa shape index (κ2) is 13.2. The highest BCUT2D eigenvalue weighted by Crippen LogP contribution is 2.16. The Labute approximate surface area is 168 Å². The molecular formula is C18H31IN4O2. The van der Waals surface area contributed by atoms with E-state index < -0.39 is 0 Å². The van der Waals surface area contributed by atoms with E-state index in [-0.39, 0.29) is 24.0 Å². The molecule has 7 heteroatoms. The fourth-order valence-corrected chi connectivity index (χ4v) is 2.51. The fourth-order valence-electron chi connectivity index (χ4n) is 2.51. The molecule has 0 amide bonds. The Bertz CT molecular complexity index is 508. The molecule has 0 aromatic carbocycles. The van der Waals surface area contributed by atoms with E-state index in [4.69, 9.17) is 9.47 Å².